The Bertz CT molecular complexity index is 499. The summed E-state index contributed by atoms with van der Waals surface area (Å²) in [4.78, 5) is 23.0. The largest absolute Gasteiger partial charge is 0.550 e. The zero-order chi connectivity index (χ0) is 25.7. The smallest absolute Gasteiger partial charge is 0.306 e. The molecule has 0 aliphatic carbocycles. The van der Waals surface area contributed by atoms with E-state index in [2.05, 4.69) is 13.8 Å². The normalized spacial score (nSPS) is 12.8. The van der Waals surface area contributed by atoms with Gasteiger partial charge in [-0.25, -0.2) is 0 Å². The summed E-state index contributed by atoms with van der Waals surface area (Å²) in [5.41, 5.74) is 0. The molecule has 0 aromatic rings. The summed E-state index contributed by atoms with van der Waals surface area (Å²) in [5.74, 6) is -0.599. The zero-order valence-electron chi connectivity index (χ0n) is 23.4. The molecule has 34 heavy (non-hydrogen) atoms. The van der Waals surface area contributed by atoms with E-state index in [1.165, 1.54) is 89.9 Å². The number of hydrogen-bond donors (Lipinski definition) is 0. The summed E-state index contributed by atoms with van der Waals surface area (Å²) in [6, 6.07) is 0. The summed E-state index contributed by atoms with van der Waals surface area (Å²) in [7, 11) is 5.86. The Morgan fingerprint density at radius 3 is 1.41 bits per heavy atom. The number of esters is 1. The molecule has 5 nitrogen and oxygen atoms in total. The number of rotatable bonds is 24. The molecule has 1 atom stereocenters. The molecule has 0 aliphatic heterocycles. The van der Waals surface area contributed by atoms with Gasteiger partial charge < -0.3 is 19.1 Å². The second kappa shape index (κ2) is 21.2. The molecule has 0 rings (SSSR count). The van der Waals surface area contributed by atoms with Crippen molar-refractivity contribution in [2.45, 2.75) is 142 Å². The molecule has 0 radical (unpaired) electrons. The first-order valence-corrected chi connectivity index (χ1v) is 14.3. The quantitative estimate of drug-likeness (QED) is 0.0902. The van der Waals surface area contributed by atoms with Crippen LogP contribution in [0.1, 0.15) is 136 Å². The van der Waals surface area contributed by atoms with Gasteiger partial charge in [-0.05, 0) is 12.3 Å². The number of likely N-dealkylation sites (N-methyl/N-ethyl adjacent to an activating group) is 1. The van der Waals surface area contributed by atoms with E-state index in [-0.39, 0.29) is 12.4 Å². The Hall–Kier alpha value is -1.10. The van der Waals surface area contributed by atoms with Crippen molar-refractivity contribution in [2.24, 2.45) is 5.92 Å². The van der Waals surface area contributed by atoms with Crippen LogP contribution in [0.5, 0.6) is 0 Å². The molecule has 0 saturated carbocycles. The SMILES string of the molecule is CC(C)CCCCCCCCCCCCCCCCCCC(=O)OC(CC(=O)[O-])C[N+](C)(C)C. The van der Waals surface area contributed by atoms with Gasteiger partial charge in [0.25, 0.3) is 0 Å². The number of quaternary nitrogens is 1. The molecule has 0 saturated heterocycles. The first-order chi connectivity index (χ1) is 16.1. The molecule has 0 amide bonds. The maximum Gasteiger partial charge on any atom is 0.306 e. The fraction of sp³-hybridized carbons (Fsp3) is 0.931. The molecule has 0 bridgehead atoms. The summed E-state index contributed by atoms with van der Waals surface area (Å²) < 4.78 is 5.94. The van der Waals surface area contributed by atoms with Crippen molar-refractivity contribution in [3.63, 3.8) is 0 Å². The Morgan fingerprint density at radius 2 is 1.06 bits per heavy atom. The average Bonchev–Trinajstić information content (AvgIpc) is 2.70. The van der Waals surface area contributed by atoms with E-state index in [1.54, 1.807) is 0 Å². The highest BCUT2D eigenvalue weighted by Crippen LogP contribution is 2.15. The van der Waals surface area contributed by atoms with Crippen molar-refractivity contribution in [3.8, 4) is 0 Å². The molecule has 0 aromatic heterocycles. The van der Waals surface area contributed by atoms with Gasteiger partial charge in [0.05, 0.1) is 21.1 Å². The third kappa shape index (κ3) is 25.5. The van der Waals surface area contributed by atoms with Crippen LogP contribution in [-0.2, 0) is 14.3 Å². The number of carbonyl (C=O) groups excluding carboxylic acids is 2. The first kappa shape index (κ1) is 32.9. The van der Waals surface area contributed by atoms with Gasteiger partial charge in [0.15, 0.2) is 6.10 Å². The van der Waals surface area contributed by atoms with Gasteiger partial charge in [-0.15, -0.1) is 0 Å². The minimum Gasteiger partial charge on any atom is -0.550 e. The summed E-state index contributed by atoms with van der Waals surface area (Å²) in [6.07, 6.45) is 21.8. The van der Waals surface area contributed by atoms with Gasteiger partial charge in [-0.3, -0.25) is 4.79 Å². The number of hydrogen-bond acceptors (Lipinski definition) is 4. The van der Waals surface area contributed by atoms with Crippen LogP contribution in [0.15, 0.2) is 0 Å². The number of carbonyl (C=O) groups is 2. The van der Waals surface area contributed by atoms with Crippen LogP contribution in [0.4, 0.5) is 0 Å². The van der Waals surface area contributed by atoms with Gasteiger partial charge >= 0.3 is 5.97 Å². The number of nitrogens with zero attached hydrogens (tertiary/aromatic N) is 1. The predicted octanol–water partition coefficient (Wildman–Crippen LogP) is 6.42. The van der Waals surface area contributed by atoms with E-state index in [0.29, 0.717) is 17.4 Å². The lowest BCUT2D eigenvalue weighted by Crippen LogP contribution is -2.45. The van der Waals surface area contributed by atoms with Crippen molar-refractivity contribution in [2.75, 3.05) is 27.7 Å². The maximum absolute atomic E-state index is 12.1. The van der Waals surface area contributed by atoms with Gasteiger partial charge in [0, 0.05) is 18.8 Å². The second-order valence-corrected chi connectivity index (χ2v) is 11.8. The van der Waals surface area contributed by atoms with Crippen LogP contribution in [0, 0.1) is 5.92 Å². The molecular weight excluding hydrogens is 426 g/mol. The van der Waals surface area contributed by atoms with Crippen LogP contribution in [0.25, 0.3) is 0 Å². The molecule has 0 N–H and O–H groups in total. The number of aliphatic carboxylic acids is 1. The van der Waals surface area contributed by atoms with E-state index in [0.717, 1.165) is 25.2 Å². The fourth-order valence-corrected chi connectivity index (χ4v) is 4.48. The Labute approximate surface area is 211 Å². The molecule has 1 unspecified atom stereocenters. The summed E-state index contributed by atoms with van der Waals surface area (Å²) in [5, 5.41) is 10.9. The molecule has 202 valence electrons. The van der Waals surface area contributed by atoms with Crippen molar-refractivity contribution in [3.05, 3.63) is 0 Å². The van der Waals surface area contributed by atoms with Gasteiger partial charge in [-0.1, -0.05) is 117 Å². The highest BCUT2D eigenvalue weighted by molar-refractivity contribution is 5.70. The Balaban J connectivity index is 3.46. The monoisotopic (exact) mass is 483 g/mol. The van der Waals surface area contributed by atoms with E-state index < -0.39 is 12.1 Å². The number of unbranched alkanes of at least 4 members (excludes halogenated alkanes) is 15. The number of carboxylic acid groups (broad SMARTS) is 1. The summed E-state index contributed by atoms with van der Waals surface area (Å²) in [6.45, 7) is 5.10. The summed E-state index contributed by atoms with van der Waals surface area (Å²) >= 11 is 0. The first-order valence-electron chi connectivity index (χ1n) is 14.3. The van der Waals surface area contributed by atoms with Crippen molar-refractivity contribution < 1.29 is 23.9 Å². The topological polar surface area (TPSA) is 66.4 Å². The highest BCUT2D eigenvalue weighted by atomic mass is 16.5. The van der Waals surface area contributed by atoms with Crippen LogP contribution < -0.4 is 5.11 Å². The van der Waals surface area contributed by atoms with Gasteiger partial charge in [0.1, 0.15) is 6.54 Å². The fourth-order valence-electron chi connectivity index (χ4n) is 4.48. The molecule has 0 spiro atoms. The van der Waals surface area contributed by atoms with E-state index in [4.69, 9.17) is 4.74 Å². The minimum absolute atomic E-state index is 0.236. The minimum atomic E-state index is -1.17. The van der Waals surface area contributed by atoms with E-state index in [9.17, 15) is 14.7 Å². The number of ether oxygens (including phenoxy) is 1. The standard InChI is InChI=1S/C29H57NO4/c1-26(2)22-20-18-16-14-12-10-8-6-7-9-11-13-15-17-19-21-23-29(33)34-27(24-28(31)32)25-30(3,4)5/h26-27H,6-25H2,1-5H3. The van der Waals surface area contributed by atoms with Gasteiger partial charge in [-0.2, -0.15) is 0 Å². The predicted molar refractivity (Wildman–Crippen MR) is 140 cm³/mol. The third-order valence-corrected chi connectivity index (χ3v) is 6.36. The van der Waals surface area contributed by atoms with Crippen molar-refractivity contribution in [1.29, 1.82) is 0 Å². The lowest BCUT2D eigenvalue weighted by Gasteiger charge is -2.29. The Morgan fingerprint density at radius 1 is 0.676 bits per heavy atom. The van der Waals surface area contributed by atoms with Gasteiger partial charge in [0.2, 0.25) is 0 Å². The third-order valence-electron chi connectivity index (χ3n) is 6.36. The molecule has 0 aromatic carbocycles. The van der Waals surface area contributed by atoms with Crippen molar-refractivity contribution >= 4 is 11.9 Å². The molecule has 0 heterocycles. The highest BCUT2D eigenvalue weighted by Gasteiger charge is 2.22. The molecule has 5 heteroatoms. The lowest BCUT2D eigenvalue weighted by atomic mass is 10.0. The van der Waals surface area contributed by atoms with Crippen molar-refractivity contribution in [1.82, 2.24) is 0 Å². The second-order valence-electron chi connectivity index (χ2n) is 11.8. The maximum atomic E-state index is 12.1. The van der Waals surface area contributed by atoms with Crippen LogP contribution in [0.3, 0.4) is 0 Å². The van der Waals surface area contributed by atoms with E-state index >= 15 is 0 Å². The lowest BCUT2D eigenvalue weighted by molar-refractivity contribution is -0.873. The van der Waals surface area contributed by atoms with Crippen LogP contribution >= 0.6 is 0 Å². The number of carboxylic acids is 1. The molecule has 0 aliphatic rings. The Kier molecular flexibility index (Phi) is 20.5. The van der Waals surface area contributed by atoms with Crippen LogP contribution in [0.2, 0.25) is 0 Å². The van der Waals surface area contributed by atoms with E-state index in [1.807, 2.05) is 21.1 Å². The average molecular weight is 484 g/mol. The van der Waals surface area contributed by atoms with Crippen LogP contribution in [-0.4, -0.2) is 50.2 Å². The zero-order valence-corrected chi connectivity index (χ0v) is 23.4. The molecular formula is C29H57NO4. The molecule has 0 fully saturated rings.